The molecule has 9 N–H and O–H groups in total. The zero-order chi connectivity index (χ0) is 20.6. The smallest absolute Gasteiger partial charge is 0.322 e. The lowest BCUT2D eigenvalue weighted by Gasteiger charge is -2.33. The third-order valence-electron chi connectivity index (χ3n) is 3.77. The predicted molar refractivity (Wildman–Crippen MR) is 87.0 cm³/mol. The molecule has 5 atom stereocenters. The van der Waals surface area contributed by atoms with Gasteiger partial charge in [-0.1, -0.05) is 0 Å². The van der Waals surface area contributed by atoms with Crippen LogP contribution in [0, 0.1) is 0 Å². The van der Waals surface area contributed by atoms with Crippen LogP contribution in [0.5, 0.6) is 0 Å². The van der Waals surface area contributed by atoms with Crippen molar-refractivity contribution in [2.75, 3.05) is 13.2 Å². The van der Waals surface area contributed by atoms with Gasteiger partial charge in [0.15, 0.2) is 0 Å². The summed E-state index contributed by atoms with van der Waals surface area (Å²) in [6, 6.07) is -2.11. The molecule has 0 radical (unpaired) electrons. The topological polar surface area (TPSA) is 218 Å². The van der Waals surface area contributed by atoms with Gasteiger partial charge in [0.2, 0.25) is 5.91 Å². The summed E-state index contributed by atoms with van der Waals surface area (Å²) in [5.74, 6) is -2.51. The summed E-state index contributed by atoms with van der Waals surface area (Å²) >= 11 is 0. The summed E-state index contributed by atoms with van der Waals surface area (Å²) in [6.45, 7) is -1.17. The van der Waals surface area contributed by atoms with E-state index in [4.69, 9.17) is 10.2 Å². The van der Waals surface area contributed by atoms with Gasteiger partial charge in [-0.2, -0.15) is 0 Å². The third-order valence-corrected chi connectivity index (χ3v) is 3.77. The Labute approximate surface area is 153 Å². The molecule has 0 bridgehead atoms. The fraction of sp³-hybridized carbons (Fsp3) is 0.714. The number of aliphatic carboxylic acids is 1. The predicted octanol–water partition coefficient (Wildman–Crippen LogP) is -4.44. The highest BCUT2D eigenvalue weighted by Gasteiger charge is 2.37. The molecule has 1 fully saturated rings. The standard InChI is InChI=1S/C14H24N4O9/c19-5-7(21)11(25)6(20)4-15-12-10(13(26)18-14(27)17-12)16-8(22)2-1-3-9(23)24/h6-7,10-12,15,19-21,25H,1-5H2,(H,16,22)(H,23,24)(H2,17,18,26,27)/t6?,7?,10?,11-,12?/m0/s1. The number of carbonyl (C=O) groups is 4. The number of hydrogen-bond acceptors (Lipinski definition) is 9. The number of carboxylic acid groups (broad SMARTS) is 1. The molecule has 1 aliphatic rings. The summed E-state index contributed by atoms with van der Waals surface area (Å²) < 4.78 is 0. The van der Waals surface area contributed by atoms with Crippen molar-refractivity contribution in [1.82, 2.24) is 21.3 Å². The number of urea groups is 1. The number of aliphatic hydroxyl groups is 4. The van der Waals surface area contributed by atoms with Gasteiger partial charge < -0.3 is 36.2 Å². The Morgan fingerprint density at radius 1 is 1.11 bits per heavy atom. The third kappa shape index (κ3) is 7.44. The zero-order valence-electron chi connectivity index (χ0n) is 14.3. The van der Waals surface area contributed by atoms with Crippen LogP contribution in [0.4, 0.5) is 4.79 Å². The minimum Gasteiger partial charge on any atom is -0.481 e. The SMILES string of the molecule is O=C(O)CCCC(=O)NC1C(=O)NC(=O)NC1NCC(O)[C@H](O)C(O)CO. The lowest BCUT2D eigenvalue weighted by molar-refractivity contribution is -0.137. The van der Waals surface area contributed by atoms with Gasteiger partial charge in [-0.3, -0.25) is 25.0 Å². The van der Waals surface area contributed by atoms with Gasteiger partial charge in [-0.15, -0.1) is 0 Å². The molecule has 27 heavy (non-hydrogen) atoms. The van der Waals surface area contributed by atoms with Crippen LogP contribution in [-0.2, 0) is 14.4 Å². The van der Waals surface area contributed by atoms with Crippen molar-refractivity contribution in [3.8, 4) is 0 Å². The lowest BCUT2D eigenvalue weighted by Crippen LogP contribution is -2.71. The van der Waals surface area contributed by atoms with E-state index >= 15 is 0 Å². The normalized spacial score (nSPS) is 23.0. The number of carbonyl (C=O) groups excluding carboxylic acids is 3. The average Bonchev–Trinajstić information content (AvgIpc) is 2.60. The van der Waals surface area contributed by atoms with Crippen LogP contribution in [0.1, 0.15) is 19.3 Å². The van der Waals surface area contributed by atoms with Crippen molar-refractivity contribution in [3.63, 3.8) is 0 Å². The average molecular weight is 392 g/mol. The molecule has 13 heteroatoms. The molecular formula is C14H24N4O9. The number of imide groups is 1. The maximum Gasteiger partial charge on any atom is 0.322 e. The van der Waals surface area contributed by atoms with E-state index in [2.05, 4.69) is 16.0 Å². The molecule has 1 saturated heterocycles. The highest BCUT2D eigenvalue weighted by atomic mass is 16.4. The zero-order valence-corrected chi connectivity index (χ0v) is 14.3. The Morgan fingerprint density at radius 3 is 2.37 bits per heavy atom. The Hall–Kier alpha value is -2.32. The Kier molecular flexibility index (Phi) is 9.04. The molecule has 0 aliphatic carbocycles. The molecule has 0 aromatic heterocycles. The van der Waals surface area contributed by atoms with Crippen LogP contribution in [0.2, 0.25) is 0 Å². The molecule has 1 aliphatic heterocycles. The Balaban J connectivity index is 2.64. The van der Waals surface area contributed by atoms with Gasteiger partial charge >= 0.3 is 12.0 Å². The van der Waals surface area contributed by atoms with Crippen molar-refractivity contribution >= 4 is 23.8 Å². The number of amides is 4. The number of hydrogen-bond donors (Lipinski definition) is 9. The summed E-state index contributed by atoms with van der Waals surface area (Å²) in [6.07, 6.45) is -6.26. The van der Waals surface area contributed by atoms with Crippen LogP contribution in [0.15, 0.2) is 0 Å². The molecule has 13 nitrogen and oxygen atoms in total. The molecule has 0 aromatic rings. The van der Waals surface area contributed by atoms with Gasteiger partial charge in [-0.25, -0.2) is 4.79 Å². The number of rotatable bonds is 11. The first-order valence-corrected chi connectivity index (χ1v) is 8.16. The molecular weight excluding hydrogens is 368 g/mol. The van der Waals surface area contributed by atoms with Crippen molar-refractivity contribution in [2.45, 2.75) is 49.8 Å². The van der Waals surface area contributed by atoms with Gasteiger partial charge in [0.25, 0.3) is 5.91 Å². The monoisotopic (exact) mass is 392 g/mol. The van der Waals surface area contributed by atoms with E-state index in [0.29, 0.717) is 0 Å². The second-order valence-corrected chi connectivity index (χ2v) is 5.95. The first kappa shape index (κ1) is 22.7. The van der Waals surface area contributed by atoms with Crippen LogP contribution in [0.25, 0.3) is 0 Å². The molecule has 1 rings (SSSR count). The van der Waals surface area contributed by atoms with E-state index in [9.17, 15) is 34.5 Å². The highest BCUT2D eigenvalue weighted by Crippen LogP contribution is 2.04. The van der Waals surface area contributed by atoms with Crippen LogP contribution in [-0.4, -0.2) is 93.0 Å². The lowest BCUT2D eigenvalue weighted by atomic mass is 10.1. The molecule has 4 amide bonds. The first-order valence-electron chi connectivity index (χ1n) is 8.16. The molecule has 0 spiro atoms. The van der Waals surface area contributed by atoms with Crippen LogP contribution >= 0.6 is 0 Å². The fourth-order valence-electron chi connectivity index (χ4n) is 2.30. The number of nitrogens with one attached hydrogen (secondary N) is 4. The van der Waals surface area contributed by atoms with E-state index < -0.39 is 60.9 Å². The molecule has 154 valence electrons. The maximum absolute atomic E-state index is 12.0. The molecule has 4 unspecified atom stereocenters. The van der Waals surface area contributed by atoms with E-state index in [1.807, 2.05) is 5.32 Å². The number of carboxylic acids is 1. The van der Waals surface area contributed by atoms with Crippen molar-refractivity contribution in [1.29, 1.82) is 0 Å². The Morgan fingerprint density at radius 2 is 1.78 bits per heavy atom. The van der Waals surface area contributed by atoms with Crippen molar-refractivity contribution < 1.29 is 44.7 Å². The van der Waals surface area contributed by atoms with Crippen LogP contribution in [0.3, 0.4) is 0 Å². The second kappa shape index (κ2) is 10.7. The fourth-order valence-corrected chi connectivity index (χ4v) is 2.30. The summed E-state index contributed by atoms with van der Waals surface area (Å²) in [4.78, 5) is 45.7. The number of aliphatic hydroxyl groups excluding tert-OH is 4. The van der Waals surface area contributed by atoms with Gasteiger partial charge in [0.05, 0.1) is 12.7 Å². The minimum absolute atomic E-state index is 0.0594. The second-order valence-electron chi connectivity index (χ2n) is 5.95. The largest absolute Gasteiger partial charge is 0.481 e. The van der Waals surface area contributed by atoms with E-state index in [1.54, 1.807) is 0 Å². The van der Waals surface area contributed by atoms with E-state index in [-0.39, 0.29) is 25.8 Å². The molecule has 1 heterocycles. The molecule has 0 aromatic carbocycles. The van der Waals surface area contributed by atoms with Gasteiger partial charge in [-0.05, 0) is 6.42 Å². The Bertz CT molecular complexity index is 559. The molecule has 0 saturated carbocycles. The first-order chi connectivity index (χ1) is 12.6. The van der Waals surface area contributed by atoms with Crippen LogP contribution < -0.4 is 21.3 Å². The van der Waals surface area contributed by atoms with Crippen molar-refractivity contribution in [2.24, 2.45) is 0 Å². The maximum atomic E-state index is 12.0. The summed E-state index contributed by atoms with van der Waals surface area (Å²) in [7, 11) is 0. The van der Waals surface area contributed by atoms with Crippen molar-refractivity contribution in [3.05, 3.63) is 0 Å². The van der Waals surface area contributed by atoms with E-state index in [1.165, 1.54) is 0 Å². The summed E-state index contributed by atoms with van der Waals surface area (Å²) in [5, 5.41) is 55.1. The van der Waals surface area contributed by atoms with Gasteiger partial charge in [0.1, 0.15) is 24.4 Å². The van der Waals surface area contributed by atoms with E-state index in [0.717, 1.165) is 0 Å². The minimum atomic E-state index is -1.68. The summed E-state index contributed by atoms with van der Waals surface area (Å²) in [5.41, 5.74) is 0. The highest BCUT2D eigenvalue weighted by molar-refractivity contribution is 6.01. The van der Waals surface area contributed by atoms with Gasteiger partial charge in [0, 0.05) is 19.4 Å². The quantitative estimate of drug-likeness (QED) is 0.164.